The van der Waals surface area contributed by atoms with Crippen LogP contribution in [0.2, 0.25) is 0 Å². The summed E-state index contributed by atoms with van der Waals surface area (Å²) in [4.78, 5) is 77.9. The minimum atomic E-state index is -1.10. The summed E-state index contributed by atoms with van der Waals surface area (Å²) < 4.78 is 14.2. The van der Waals surface area contributed by atoms with Crippen LogP contribution in [0.1, 0.15) is 103 Å². The number of carbonyl (C=O) groups is 5. The summed E-state index contributed by atoms with van der Waals surface area (Å²) in [6.45, 7) is 15.4. The average molecular weight is 954 g/mol. The van der Waals surface area contributed by atoms with Crippen LogP contribution in [0.15, 0.2) is 72.4 Å². The SMILES string of the molecule is CC#CC(=O)N1C[C@H](C)[C@H](C(=O)N(C)[C@H](C(=O)N[C@H]2Cc3cccc(c3)-c3ccc4c(c3)c(c(-c3cccnc3[C@H](C)OC)n4CC)CC(C)(C)COC(=O)[C@@H](C)CCCN(N)C2=O)C2=CCCC2)C1. The molecule has 3 aliphatic rings. The summed E-state index contributed by atoms with van der Waals surface area (Å²) in [5.41, 5.74) is 8.06. The summed E-state index contributed by atoms with van der Waals surface area (Å²) in [7, 11) is 3.32. The number of nitrogens with two attached hydrogens (primary N) is 1. The summed E-state index contributed by atoms with van der Waals surface area (Å²) in [6.07, 6.45) is 7.33. The number of benzene rings is 2. The number of likely N-dealkylation sites (tertiary alicyclic amines) is 1. The molecular weight excluding hydrogens is 883 g/mol. The van der Waals surface area contributed by atoms with E-state index in [1.807, 2.05) is 51.1 Å². The molecule has 372 valence electrons. The van der Waals surface area contributed by atoms with Crippen molar-refractivity contribution in [1.82, 2.24) is 29.7 Å². The third kappa shape index (κ3) is 11.2. The zero-order valence-corrected chi connectivity index (χ0v) is 42.5. The predicted molar refractivity (Wildman–Crippen MR) is 271 cm³/mol. The number of ether oxygens (including phenoxy) is 2. The number of nitrogens with zero attached hydrogens (tertiary/aromatic N) is 5. The maximum Gasteiger partial charge on any atom is 0.308 e. The van der Waals surface area contributed by atoms with Gasteiger partial charge in [-0.2, -0.15) is 0 Å². The van der Waals surface area contributed by atoms with E-state index in [-0.39, 0.29) is 55.9 Å². The number of methoxy groups -OCH3 is 1. The molecule has 1 saturated heterocycles. The van der Waals surface area contributed by atoms with Crippen molar-refractivity contribution in [2.75, 3.05) is 40.4 Å². The molecule has 1 fully saturated rings. The van der Waals surface area contributed by atoms with Crippen LogP contribution in [0.5, 0.6) is 0 Å². The van der Waals surface area contributed by atoms with Gasteiger partial charge in [0.15, 0.2) is 0 Å². The fourth-order valence-corrected chi connectivity index (χ4v) is 10.5. The molecule has 0 spiro atoms. The Hall–Kier alpha value is -6.30. The molecule has 4 amide bonds. The molecule has 0 saturated carbocycles. The van der Waals surface area contributed by atoms with Gasteiger partial charge in [0.1, 0.15) is 12.1 Å². The van der Waals surface area contributed by atoms with Gasteiger partial charge in [-0.05, 0) is 123 Å². The van der Waals surface area contributed by atoms with Crippen molar-refractivity contribution in [2.24, 2.45) is 29.0 Å². The lowest BCUT2D eigenvalue weighted by Crippen LogP contribution is -2.57. The Bertz CT molecular complexity index is 2710. The van der Waals surface area contributed by atoms with Gasteiger partial charge in [0.2, 0.25) is 11.8 Å². The van der Waals surface area contributed by atoms with Gasteiger partial charge < -0.3 is 29.2 Å². The summed E-state index contributed by atoms with van der Waals surface area (Å²) >= 11 is 0. The number of carbonyl (C=O) groups excluding carboxylic acids is 5. The highest BCUT2D eigenvalue weighted by Crippen LogP contribution is 2.42. The second kappa shape index (κ2) is 22.2. The highest BCUT2D eigenvalue weighted by molar-refractivity contribution is 5.97. The number of pyridine rings is 1. The third-order valence-electron chi connectivity index (χ3n) is 14.5. The number of hydrogen-bond acceptors (Lipinski definition) is 9. The number of fused-ring (bicyclic) bond motifs is 4. The van der Waals surface area contributed by atoms with E-state index in [1.165, 1.54) is 4.90 Å². The minimum Gasteiger partial charge on any atom is -0.465 e. The number of allylic oxidation sites excluding steroid dienone is 1. The first kappa shape index (κ1) is 51.5. The van der Waals surface area contributed by atoms with Crippen molar-refractivity contribution in [3.05, 3.63) is 89.3 Å². The number of amides is 4. The molecule has 0 radical (unpaired) electrons. The molecule has 3 N–H and O–H groups in total. The number of nitrogens with one attached hydrogen (secondary N) is 1. The van der Waals surface area contributed by atoms with Crippen LogP contribution in [0.4, 0.5) is 0 Å². The van der Waals surface area contributed by atoms with E-state index >= 15 is 0 Å². The van der Waals surface area contributed by atoms with Crippen LogP contribution < -0.4 is 11.2 Å². The zero-order valence-electron chi connectivity index (χ0n) is 42.5. The van der Waals surface area contributed by atoms with Gasteiger partial charge in [-0.15, -0.1) is 0 Å². The molecule has 4 heterocycles. The summed E-state index contributed by atoms with van der Waals surface area (Å²) in [6, 6.07) is 16.5. The second-order valence-corrected chi connectivity index (χ2v) is 20.3. The fraction of sp³-hybridized carbons (Fsp3) is 0.500. The Morgan fingerprint density at radius 2 is 1.83 bits per heavy atom. The number of esters is 1. The monoisotopic (exact) mass is 954 g/mol. The molecule has 4 aromatic rings. The van der Waals surface area contributed by atoms with Gasteiger partial charge in [0.05, 0.1) is 35.9 Å². The van der Waals surface area contributed by atoms with E-state index in [2.05, 4.69) is 72.8 Å². The Labute approximate surface area is 413 Å². The van der Waals surface area contributed by atoms with Crippen LogP contribution >= 0.6 is 0 Å². The van der Waals surface area contributed by atoms with Crippen LogP contribution in [-0.4, -0.2) is 106 Å². The van der Waals surface area contributed by atoms with E-state index in [1.54, 1.807) is 32.2 Å². The fourth-order valence-electron chi connectivity index (χ4n) is 10.5. The van der Waals surface area contributed by atoms with Crippen LogP contribution in [0.3, 0.4) is 0 Å². The van der Waals surface area contributed by atoms with Gasteiger partial charge in [-0.25, -0.2) is 5.84 Å². The Morgan fingerprint density at radius 1 is 1.06 bits per heavy atom. The van der Waals surface area contributed by atoms with Gasteiger partial charge in [-0.1, -0.05) is 70.0 Å². The molecule has 0 unspecified atom stereocenters. The molecule has 6 atom stereocenters. The lowest BCUT2D eigenvalue weighted by atomic mass is 9.84. The standard InChI is InChI=1S/C56H71N7O7/c1-10-17-48(64)61-32-36(4)45(33-61)53(66)60(8)50(39-20-12-13-21-39)52(65)59-46-29-38-19-14-22-40(28-38)41-24-25-47-43(30-41)44(51(62(47)11-2)42-23-15-26-58-49(42)37(5)69-9)31-56(6,7)34-70-55(68)35(3)18-16-27-63(57)54(46)67/h14-15,19-20,22-26,28,30,35-37,45-46,50H,11-13,16,18,21,27,29,31-34,57H2,1-9H3,(H,59,65)/t35-,36-,37-,45+,46-,50-/m0/s1. The molecule has 7 rings (SSSR count). The molecule has 70 heavy (non-hydrogen) atoms. The number of aromatic nitrogens is 2. The lowest BCUT2D eigenvalue weighted by molar-refractivity contribution is -0.151. The highest BCUT2D eigenvalue weighted by atomic mass is 16.5. The van der Waals surface area contributed by atoms with E-state index in [4.69, 9.17) is 20.3 Å². The first-order valence-corrected chi connectivity index (χ1v) is 24.9. The van der Waals surface area contributed by atoms with Gasteiger partial charge in [0, 0.05) is 74.8 Å². The van der Waals surface area contributed by atoms with Crippen molar-refractivity contribution < 1.29 is 33.4 Å². The molecule has 2 aliphatic heterocycles. The first-order chi connectivity index (χ1) is 33.5. The maximum atomic E-state index is 14.8. The van der Waals surface area contributed by atoms with Crippen molar-refractivity contribution >= 4 is 40.5 Å². The van der Waals surface area contributed by atoms with Gasteiger partial charge in [0.25, 0.3) is 11.8 Å². The largest absolute Gasteiger partial charge is 0.465 e. The van der Waals surface area contributed by atoms with Crippen LogP contribution in [0.25, 0.3) is 33.3 Å². The zero-order chi connectivity index (χ0) is 50.4. The van der Waals surface area contributed by atoms with Crippen molar-refractivity contribution in [1.29, 1.82) is 0 Å². The maximum absolute atomic E-state index is 14.8. The Morgan fingerprint density at radius 3 is 2.54 bits per heavy atom. The molecule has 2 aromatic heterocycles. The normalized spacial score (nSPS) is 21.9. The summed E-state index contributed by atoms with van der Waals surface area (Å²) in [5.74, 6) is 8.77. The van der Waals surface area contributed by atoms with Crippen molar-refractivity contribution in [3.63, 3.8) is 0 Å². The topological polar surface area (TPSA) is 169 Å². The average Bonchev–Trinajstić information content (AvgIpc) is 4.10. The number of likely N-dealkylation sites (N-methyl/N-ethyl adjacent to an activating group) is 1. The number of cyclic esters (lactones) is 1. The predicted octanol–water partition coefficient (Wildman–Crippen LogP) is 7.42. The van der Waals surface area contributed by atoms with E-state index in [0.29, 0.717) is 38.8 Å². The lowest BCUT2D eigenvalue weighted by Gasteiger charge is -2.33. The van der Waals surface area contributed by atoms with E-state index in [0.717, 1.165) is 73.5 Å². The molecule has 14 nitrogen and oxygen atoms in total. The third-order valence-corrected chi connectivity index (χ3v) is 14.5. The van der Waals surface area contributed by atoms with Gasteiger partial charge in [-0.3, -0.25) is 34.0 Å². The number of rotatable bonds is 9. The highest BCUT2D eigenvalue weighted by Gasteiger charge is 2.42. The van der Waals surface area contributed by atoms with Crippen molar-refractivity contribution in [3.8, 4) is 34.2 Å². The van der Waals surface area contributed by atoms with Gasteiger partial charge >= 0.3 is 5.97 Å². The molecule has 2 aromatic carbocycles. The molecular formula is C56H71N7O7. The Kier molecular flexibility index (Phi) is 16.3. The molecule has 1 aliphatic carbocycles. The number of hydrogen-bond donors (Lipinski definition) is 2. The smallest absolute Gasteiger partial charge is 0.308 e. The van der Waals surface area contributed by atoms with E-state index in [9.17, 15) is 24.0 Å². The number of hydrazine groups is 1. The molecule has 4 bridgehead atoms. The van der Waals surface area contributed by atoms with Crippen LogP contribution in [0, 0.1) is 35.0 Å². The Balaban J connectivity index is 1.28. The first-order valence-electron chi connectivity index (χ1n) is 24.9. The molecule has 14 heteroatoms. The van der Waals surface area contributed by atoms with Crippen LogP contribution in [-0.2, 0) is 52.8 Å². The summed E-state index contributed by atoms with van der Waals surface area (Å²) in [5, 5.41) is 5.27. The minimum absolute atomic E-state index is 0.118. The van der Waals surface area contributed by atoms with Crippen molar-refractivity contribution in [2.45, 2.75) is 118 Å². The second-order valence-electron chi connectivity index (χ2n) is 20.3. The number of aryl methyl sites for hydroxylation is 1. The quantitative estimate of drug-likeness (QED) is 0.0570. The van der Waals surface area contributed by atoms with E-state index < -0.39 is 41.1 Å².